The monoisotopic (exact) mass is 1040 g/mol. The summed E-state index contributed by atoms with van der Waals surface area (Å²) in [5.41, 5.74) is 9.23. The number of carbonyl (C=O) groups excluding carboxylic acids is 2. The minimum atomic E-state index is -0.492. The van der Waals surface area contributed by atoms with Gasteiger partial charge in [0, 0.05) is 59.6 Å². The molecule has 404 valence electrons. The molecule has 2 amide bonds. The number of alkyl carbamates (subject to hydrolysis) is 2. The molecule has 0 unspecified atom stereocenters. The molecule has 2 heterocycles. The third-order valence-electron chi connectivity index (χ3n) is 11.8. The molecule has 4 N–H and O–H groups in total. The molecular formula is C53H66F2N8O12. The number of fused-ring (bicyclic) bond motifs is 6. The van der Waals surface area contributed by atoms with E-state index in [1.807, 2.05) is 39.7 Å². The molecule has 0 saturated heterocycles. The first-order valence-electron chi connectivity index (χ1n) is 23.8. The molecule has 20 nitrogen and oxygen atoms in total. The van der Waals surface area contributed by atoms with E-state index in [0.29, 0.717) is 132 Å². The number of hydrogen-bond acceptors (Lipinski definition) is 16. The average molecular weight is 1050 g/mol. The summed E-state index contributed by atoms with van der Waals surface area (Å²) in [6.07, 6.45) is 0.317. The Morgan fingerprint density at radius 3 is 1.53 bits per heavy atom. The van der Waals surface area contributed by atoms with E-state index in [4.69, 9.17) is 48.1 Å². The number of rotatable bonds is 26. The normalized spacial score (nSPS) is 11.4. The van der Waals surface area contributed by atoms with Crippen LogP contribution in [0.4, 0.5) is 41.4 Å². The third kappa shape index (κ3) is 14.8. The summed E-state index contributed by atoms with van der Waals surface area (Å²) in [6.45, 7) is 4.84. The molecule has 2 aliphatic rings. The van der Waals surface area contributed by atoms with E-state index < -0.39 is 12.2 Å². The summed E-state index contributed by atoms with van der Waals surface area (Å²) in [6, 6.07) is 20.5. The van der Waals surface area contributed by atoms with Gasteiger partial charge in [-0.05, 0) is 71.8 Å². The summed E-state index contributed by atoms with van der Waals surface area (Å²) >= 11 is 0. The van der Waals surface area contributed by atoms with E-state index in [2.05, 4.69) is 30.7 Å². The highest BCUT2D eigenvalue weighted by atomic mass is 19.1. The summed E-state index contributed by atoms with van der Waals surface area (Å²) in [5, 5.41) is 21.3. The van der Waals surface area contributed by atoms with E-state index in [-0.39, 0.29) is 19.1 Å². The second-order valence-corrected chi connectivity index (χ2v) is 16.4. The highest BCUT2D eigenvalue weighted by molar-refractivity contribution is 5.83. The van der Waals surface area contributed by atoms with Gasteiger partial charge in [0.2, 0.25) is 0 Å². The number of ether oxygens (including phenoxy) is 10. The maximum absolute atomic E-state index is 13.9. The van der Waals surface area contributed by atoms with Gasteiger partial charge in [0.05, 0.1) is 120 Å². The number of aromatic nitrogens is 4. The number of nitrogens with zero attached hydrogens (tertiary/aromatic N) is 4. The first-order valence-corrected chi connectivity index (χ1v) is 23.8. The molecule has 2 aliphatic carbocycles. The first kappa shape index (κ1) is 56.6. The minimum Gasteiger partial charge on any atom is -0.493 e. The van der Waals surface area contributed by atoms with Crippen LogP contribution < -0.4 is 40.2 Å². The molecule has 8 rings (SSSR count). The maximum atomic E-state index is 13.9. The molecule has 0 spiro atoms. The topological polar surface area (TPSA) is 210 Å². The minimum absolute atomic E-state index is 0. The van der Waals surface area contributed by atoms with Crippen LogP contribution in [0.15, 0.2) is 72.8 Å². The fraction of sp³-hybridized carbons (Fsp3) is 0.396. The Hall–Kier alpha value is -7.66. The van der Waals surface area contributed by atoms with Crippen molar-refractivity contribution in [2.75, 3.05) is 119 Å². The Balaban J connectivity index is 0.000000241. The number of hydrogen-bond donors (Lipinski definition) is 4. The Labute approximate surface area is 434 Å². The molecule has 75 heavy (non-hydrogen) atoms. The number of amides is 2. The standard InChI is InChI=1S/2C26H31FN4O6.CH4/c1-33-22-14-17-13-21-24(20(17)16-23(22)34-2)31(30-25(21)29-19-6-4-5-18(27)15-19)8-10-37-12-11-36-9-7-28-26(32)35-3;1-33-22-14-17-13-21-24(20(17)16-23(22)34-2)30-31(25(21)29-19-6-4-5-18(27)15-19)8-10-37-12-11-36-9-7-28-26(32)35-3;/h4-6,14-16H,7-13H2,1-3H3,(H,28,32)(H,29,30);4-6,14-16,29H,7-13H2,1-3H3,(H,28,32);1H4. The van der Waals surface area contributed by atoms with Gasteiger partial charge < -0.3 is 68.6 Å². The molecule has 22 heteroatoms. The lowest BCUT2D eigenvalue weighted by Gasteiger charge is -2.13. The lowest BCUT2D eigenvalue weighted by atomic mass is 10.1. The Bertz CT molecular complexity index is 2840. The van der Waals surface area contributed by atoms with Crippen LogP contribution in [-0.2, 0) is 54.4 Å². The Kier molecular flexibility index (Phi) is 21.2. The molecule has 0 aliphatic heterocycles. The summed E-state index contributed by atoms with van der Waals surface area (Å²) < 4.78 is 84.7. The number of benzene rings is 4. The fourth-order valence-corrected chi connectivity index (χ4v) is 8.32. The van der Waals surface area contributed by atoms with Crippen LogP contribution in [-0.4, -0.2) is 140 Å². The van der Waals surface area contributed by atoms with E-state index in [9.17, 15) is 18.4 Å². The SMILES string of the molecule is C.COC(=O)NCCOCCOCCn1nc(Nc2cccc(F)c2)c2c1-c1cc(OC)c(OC)cc1C2.COC(=O)NCCOCCOCCn1nc2c(c1Nc1cccc(F)c1)Cc1cc(OC)c(OC)cc1-2. The Morgan fingerprint density at radius 2 is 1.01 bits per heavy atom. The van der Waals surface area contributed by atoms with Crippen molar-refractivity contribution < 1.29 is 65.7 Å². The zero-order valence-electron chi connectivity index (χ0n) is 42.3. The van der Waals surface area contributed by atoms with Crippen LogP contribution in [0.2, 0.25) is 0 Å². The summed E-state index contributed by atoms with van der Waals surface area (Å²) in [7, 11) is 9.05. The van der Waals surface area contributed by atoms with Crippen molar-refractivity contribution in [3.8, 4) is 45.5 Å². The van der Waals surface area contributed by atoms with Crippen LogP contribution in [0.25, 0.3) is 22.5 Å². The van der Waals surface area contributed by atoms with Crippen molar-refractivity contribution in [1.29, 1.82) is 0 Å². The van der Waals surface area contributed by atoms with Gasteiger partial charge >= 0.3 is 12.2 Å². The number of nitrogens with one attached hydrogen (secondary N) is 4. The van der Waals surface area contributed by atoms with E-state index in [0.717, 1.165) is 50.6 Å². The van der Waals surface area contributed by atoms with E-state index in [1.54, 1.807) is 46.6 Å². The molecule has 0 bridgehead atoms. The predicted octanol–water partition coefficient (Wildman–Crippen LogP) is 8.12. The van der Waals surface area contributed by atoms with Crippen molar-refractivity contribution in [1.82, 2.24) is 30.2 Å². The van der Waals surface area contributed by atoms with Crippen molar-refractivity contribution in [2.24, 2.45) is 0 Å². The predicted molar refractivity (Wildman–Crippen MR) is 277 cm³/mol. The van der Waals surface area contributed by atoms with Gasteiger partial charge in [0.25, 0.3) is 0 Å². The number of anilines is 4. The van der Waals surface area contributed by atoms with Gasteiger partial charge in [-0.2, -0.15) is 10.2 Å². The van der Waals surface area contributed by atoms with Crippen molar-refractivity contribution in [2.45, 2.75) is 33.4 Å². The molecule has 6 aromatic rings. The zero-order chi connectivity index (χ0) is 52.4. The third-order valence-corrected chi connectivity index (χ3v) is 11.8. The van der Waals surface area contributed by atoms with Crippen LogP contribution in [0, 0.1) is 11.6 Å². The first-order chi connectivity index (χ1) is 36.1. The van der Waals surface area contributed by atoms with Crippen LogP contribution in [0.1, 0.15) is 29.7 Å². The lowest BCUT2D eigenvalue weighted by molar-refractivity contribution is 0.0450. The number of carbonyl (C=O) groups is 2. The van der Waals surface area contributed by atoms with Crippen molar-refractivity contribution in [3.63, 3.8) is 0 Å². The molecule has 2 aromatic heterocycles. The highest BCUT2D eigenvalue weighted by Crippen LogP contribution is 2.47. The quantitative estimate of drug-likeness (QED) is 0.0377. The smallest absolute Gasteiger partial charge is 0.406 e. The molecule has 0 radical (unpaired) electrons. The maximum Gasteiger partial charge on any atom is 0.406 e. The van der Waals surface area contributed by atoms with Crippen LogP contribution >= 0.6 is 0 Å². The highest BCUT2D eigenvalue weighted by Gasteiger charge is 2.31. The van der Waals surface area contributed by atoms with Gasteiger partial charge in [-0.3, -0.25) is 4.68 Å². The summed E-state index contributed by atoms with van der Waals surface area (Å²) in [5.74, 6) is 3.39. The largest absolute Gasteiger partial charge is 0.493 e. The Morgan fingerprint density at radius 1 is 0.547 bits per heavy atom. The van der Waals surface area contributed by atoms with Gasteiger partial charge in [-0.15, -0.1) is 0 Å². The fourth-order valence-electron chi connectivity index (χ4n) is 8.32. The molecule has 0 atom stereocenters. The zero-order valence-corrected chi connectivity index (χ0v) is 42.3. The van der Waals surface area contributed by atoms with Gasteiger partial charge in [0.1, 0.15) is 17.5 Å². The van der Waals surface area contributed by atoms with Crippen LogP contribution in [0.5, 0.6) is 23.0 Å². The second-order valence-electron chi connectivity index (χ2n) is 16.4. The molecule has 0 fully saturated rings. The van der Waals surface area contributed by atoms with E-state index in [1.165, 1.54) is 38.5 Å². The second kappa shape index (κ2) is 28.1. The van der Waals surface area contributed by atoms with Crippen molar-refractivity contribution in [3.05, 3.63) is 107 Å². The lowest BCUT2D eigenvalue weighted by Crippen LogP contribution is -2.27. The molecule has 0 saturated carbocycles. The van der Waals surface area contributed by atoms with Crippen molar-refractivity contribution >= 4 is 35.2 Å². The van der Waals surface area contributed by atoms with Gasteiger partial charge in [-0.25, -0.2) is 23.1 Å². The summed E-state index contributed by atoms with van der Waals surface area (Å²) in [4.78, 5) is 22.0. The number of methoxy groups -OCH3 is 6. The molecule has 4 aromatic carbocycles. The van der Waals surface area contributed by atoms with Crippen LogP contribution in [0.3, 0.4) is 0 Å². The van der Waals surface area contributed by atoms with Gasteiger partial charge in [-0.1, -0.05) is 19.6 Å². The van der Waals surface area contributed by atoms with Gasteiger partial charge in [0.15, 0.2) is 28.8 Å². The molecular weight excluding hydrogens is 979 g/mol. The van der Waals surface area contributed by atoms with E-state index >= 15 is 0 Å². The average Bonchev–Trinajstić information content (AvgIpc) is 4.17. The number of halogens is 2.